The Bertz CT molecular complexity index is 893. The summed E-state index contributed by atoms with van der Waals surface area (Å²) in [5, 5.41) is 0.521. The van der Waals surface area contributed by atoms with Gasteiger partial charge >= 0.3 is 0 Å². The summed E-state index contributed by atoms with van der Waals surface area (Å²) in [7, 11) is 0. The smallest absolute Gasteiger partial charge is 0.129 e. The van der Waals surface area contributed by atoms with Crippen LogP contribution in [0.4, 0.5) is 4.39 Å². The van der Waals surface area contributed by atoms with Gasteiger partial charge in [0.1, 0.15) is 11.6 Å². The summed E-state index contributed by atoms with van der Waals surface area (Å²) in [6, 6.07) is 13.2. The Morgan fingerprint density at radius 2 is 1.88 bits per heavy atom. The standard InChI is InChI=1S/C21H23ClFN3/c1-15-24-20-7-2-3-8-21(20)26(15)13-16-9-11-25(12-10-16)14-17-18(22)5-4-6-19(17)23/h2-8,16H,9-14H2,1H3. The molecule has 5 heteroatoms. The van der Waals surface area contributed by atoms with E-state index in [0.29, 0.717) is 23.0 Å². The van der Waals surface area contributed by atoms with E-state index in [1.54, 1.807) is 12.1 Å². The zero-order chi connectivity index (χ0) is 18.1. The Morgan fingerprint density at radius 3 is 2.65 bits per heavy atom. The minimum atomic E-state index is -0.208. The first kappa shape index (κ1) is 17.5. The third-order valence-electron chi connectivity index (χ3n) is 5.44. The molecular formula is C21H23ClFN3. The van der Waals surface area contributed by atoms with Crippen molar-refractivity contribution in [3.05, 3.63) is 64.7 Å². The van der Waals surface area contributed by atoms with Gasteiger partial charge in [0.05, 0.1) is 11.0 Å². The predicted octanol–water partition coefficient (Wildman–Crippen LogP) is 5.05. The number of halogens is 2. The second kappa shape index (κ2) is 7.37. The molecule has 1 saturated heterocycles. The maximum Gasteiger partial charge on any atom is 0.129 e. The summed E-state index contributed by atoms with van der Waals surface area (Å²) in [6.07, 6.45) is 2.22. The molecule has 0 unspecified atom stereocenters. The minimum Gasteiger partial charge on any atom is -0.328 e. The average Bonchev–Trinajstić information content (AvgIpc) is 2.95. The molecule has 0 N–H and O–H groups in total. The van der Waals surface area contributed by atoms with Gasteiger partial charge in [-0.1, -0.05) is 29.8 Å². The maximum absolute atomic E-state index is 14.0. The van der Waals surface area contributed by atoms with Gasteiger partial charge in [-0.3, -0.25) is 4.90 Å². The number of likely N-dealkylation sites (tertiary alicyclic amines) is 1. The zero-order valence-corrected chi connectivity index (χ0v) is 15.7. The second-order valence-electron chi connectivity index (χ2n) is 7.18. The van der Waals surface area contributed by atoms with E-state index in [1.165, 1.54) is 11.6 Å². The number of aromatic nitrogens is 2. The van der Waals surface area contributed by atoms with E-state index in [9.17, 15) is 4.39 Å². The predicted molar refractivity (Wildman–Crippen MR) is 104 cm³/mol. The second-order valence-corrected chi connectivity index (χ2v) is 7.59. The highest BCUT2D eigenvalue weighted by atomic mass is 35.5. The van der Waals surface area contributed by atoms with Gasteiger partial charge in [0.15, 0.2) is 0 Å². The monoisotopic (exact) mass is 371 g/mol. The van der Waals surface area contributed by atoms with Crippen LogP contribution in [0.25, 0.3) is 11.0 Å². The summed E-state index contributed by atoms with van der Waals surface area (Å²) in [4.78, 5) is 6.97. The molecule has 1 aliphatic heterocycles. The van der Waals surface area contributed by atoms with Gasteiger partial charge in [-0.2, -0.15) is 0 Å². The summed E-state index contributed by atoms with van der Waals surface area (Å²) in [5.41, 5.74) is 2.89. The number of imidazole rings is 1. The highest BCUT2D eigenvalue weighted by Crippen LogP contribution is 2.26. The molecule has 3 aromatic rings. The fraction of sp³-hybridized carbons (Fsp3) is 0.381. The van der Waals surface area contributed by atoms with E-state index in [2.05, 4.69) is 39.6 Å². The third-order valence-corrected chi connectivity index (χ3v) is 5.79. The zero-order valence-electron chi connectivity index (χ0n) is 15.0. The molecule has 136 valence electrons. The molecule has 4 rings (SSSR count). The molecule has 0 bridgehead atoms. The molecule has 26 heavy (non-hydrogen) atoms. The molecule has 3 nitrogen and oxygen atoms in total. The van der Waals surface area contributed by atoms with Crippen LogP contribution in [0.15, 0.2) is 42.5 Å². The summed E-state index contributed by atoms with van der Waals surface area (Å²) in [6.45, 7) is 5.61. The number of hydrogen-bond acceptors (Lipinski definition) is 2. The quantitative estimate of drug-likeness (QED) is 0.640. The number of nitrogens with zero attached hydrogens (tertiary/aromatic N) is 3. The number of hydrogen-bond donors (Lipinski definition) is 0. The number of rotatable bonds is 4. The van der Waals surface area contributed by atoms with Gasteiger partial charge < -0.3 is 4.57 Å². The topological polar surface area (TPSA) is 21.1 Å². The highest BCUT2D eigenvalue weighted by molar-refractivity contribution is 6.31. The van der Waals surface area contributed by atoms with E-state index in [4.69, 9.17) is 11.6 Å². The largest absolute Gasteiger partial charge is 0.328 e. The van der Waals surface area contributed by atoms with Crippen molar-refractivity contribution in [3.8, 4) is 0 Å². The number of para-hydroxylation sites is 2. The van der Waals surface area contributed by atoms with Crippen LogP contribution in [0.1, 0.15) is 24.2 Å². The normalized spacial score (nSPS) is 16.4. The number of piperidine rings is 1. The lowest BCUT2D eigenvalue weighted by molar-refractivity contribution is 0.166. The molecule has 0 radical (unpaired) electrons. The van der Waals surface area contributed by atoms with E-state index < -0.39 is 0 Å². The van der Waals surface area contributed by atoms with Gasteiger partial charge in [0.25, 0.3) is 0 Å². The third kappa shape index (κ3) is 3.49. The lowest BCUT2D eigenvalue weighted by Gasteiger charge is -2.32. The molecule has 0 atom stereocenters. The van der Waals surface area contributed by atoms with Crippen molar-refractivity contribution in [1.82, 2.24) is 14.5 Å². The first-order valence-corrected chi connectivity index (χ1v) is 9.56. The SMILES string of the molecule is Cc1nc2ccccc2n1CC1CCN(Cc2c(F)cccc2Cl)CC1. The molecule has 1 fully saturated rings. The molecule has 0 amide bonds. The van der Waals surface area contributed by atoms with Gasteiger partial charge in [0, 0.05) is 23.7 Å². The number of aryl methyl sites for hydroxylation is 1. The Kier molecular flexibility index (Phi) is 4.96. The molecule has 2 heterocycles. The lowest BCUT2D eigenvalue weighted by atomic mass is 9.96. The van der Waals surface area contributed by atoms with Crippen molar-refractivity contribution in [3.63, 3.8) is 0 Å². The van der Waals surface area contributed by atoms with E-state index in [-0.39, 0.29) is 5.82 Å². The Labute approximate surface area is 158 Å². The van der Waals surface area contributed by atoms with E-state index in [0.717, 1.165) is 43.8 Å². The van der Waals surface area contributed by atoms with Crippen molar-refractivity contribution in [2.24, 2.45) is 5.92 Å². The van der Waals surface area contributed by atoms with Crippen molar-refractivity contribution >= 4 is 22.6 Å². The summed E-state index contributed by atoms with van der Waals surface area (Å²) >= 11 is 6.17. The van der Waals surface area contributed by atoms with Crippen LogP contribution >= 0.6 is 11.6 Å². The molecule has 1 aliphatic rings. The van der Waals surface area contributed by atoms with Crippen LogP contribution in [0.2, 0.25) is 5.02 Å². The van der Waals surface area contributed by atoms with Gasteiger partial charge in [0.2, 0.25) is 0 Å². The van der Waals surface area contributed by atoms with Crippen LogP contribution in [-0.2, 0) is 13.1 Å². The average molecular weight is 372 g/mol. The lowest BCUT2D eigenvalue weighted by Crippen LogP contribution is -2.35. The number of fused-ring (bicyclic) bond motifs is 1. The molecule has 2 aromatic carbocycles. The van der Waals surface area contributed by atoms with E-state index in [1.807, 2.05) is 6.07 Å². The van der Waals surface area contributed by atoms with Crippen molar-refractivity contribution in [1.29, 1.82) is 0 Å². The summed E-state index contributed by atoms with van der Waals surface area (Å²) < 4.78 is 16.3. The van der Waals surface area contributed by atoms with E-state index >= 15 is 0 Å². The van der Waals surface area contributed by atoms with Crippen LogP contribution in [0, 0.1) is 18.7 Å². The molecular weight excluding hydrogens is 349 g/mol. The Balaban J connectivity index is 1.40. The van der Waals surface area contributed by atoms with Crippen molar-refractivity contribution in [2.75, 3.05) is 13.1 Å². The maximum atomic E-state index is 14.0. The van der Waals surface area contributed by atoms with Gasteiger partial charge in [-0.25, -0.2) is 9.37 Å². The van der Waals surface area contributed by atoms with Gasteiger partial charge in [-0.05, 0) is 63.0 Å². The molecule has 0 spiro atoms. The minimum absolute atomic E-state index is 0.208. The first-order valence-electron chi connectivity index (χ1n) is 9.19. The fourth-order valence-electron chi connectivity index (χ4n) is 3.92. The Hall–Kier alpha value is -1.91. The van der Waals surface area contributed by atoms with Crippen LogP contribution in [0.3, 0.4) is 0 Å². The number of benzene rings is 2. The van der Waals surface area contributed by atoms with Crippen LogP contribution in [0.5, 0.6) is 0 Å². The molecule has 0 aliphatic carbocycles. The summed E-state index contributed by atoms with van der Waals surface area (Å²) in [5.74, 6) is 1.49. The Morgan fingerprint density at radius 1 is 1.12 bits per heavy atom. The molecule has 1 aromatic heterocycles. The fourth-order valence-corrected chi connectivity index (χ4v) is 4.14. The van der Waals surface area contributed by atoms with Crippen molar-refractivity contribution in [2.45, 2.75) is 32.9 Å². The van der Waals surface area contributed by atoms with Gasteiger partial charge in [-0.15, -0.1) is 0 Å². The highest BCUT2D eigenvalue weighted by Gasteiger charge is 2.22. The van der Waals surface area contributed by atoms with Crippen molar-refractivity contribution < 1.29 is 4.39 Å². The first-order chi connectivity index (χ1) is 12.6. The van der Waals surface area contributed by atoms with Crippen LogP contribution in [-0.4, -0.2) is 27.5 Å². The molecule has 0 saturated carbocycles. The van der Waals surface area contributed by atoms with Crippen LogP contribution < -0.4 is 0 Å².